The topological polar surface area (TPSA) is 83.6 Å². The summed E-state index contributed by atoms with van der Waals surface area (Å²) in [5, 5.41) is 5.96. The standard InChI is InChI=1S/C26H35FN4O3/c1-26(2,3)34-25(33)30-23-10-13-31(14-11-23)18-24(32)29-17-21(15-19-5-4-12-28-16-19)20-6-8-22(27)9-7-20/h4-9,12,16,21,23H,10-11,13-15,17-18H2,1-3H3,(H,29,32)(H,30,33). The number of likely N-dealkylation sites (tertiary alicyclic amines) is 1. The van der Waals surface area contributed by atoms with Crippen molar-refractivity contribution >= 4 is 12.0 Å². The Morgan fingerprint density at radius 1 is 1.18 bits per heavy atom. The second-order valence-electron chi connectivity index (χ2n) is 9.81. The first-order valence-electron chi connectivity index (χ1n) is 11.8. The molecule has 0 aliphatic carbocycles. The summed E-state index contributed by atoms with van der Waals surface area (Å²) in [5.41, 5.74) is 1.51. The van der Waals surface area contributed by atoms with E-state index < -0.39 is 11.7 Å². The van der Waals surface area contributed by atoms with Crippen LogP contribution in [0.5, 0.6) is 0 Å². The average molecular weight is 471 g/mol. The maximum absolute atomic E-state index is 13.4. The van der Waals surface area contributed by atoms with Gasteiger partial charge in [-0.2, -0.15) is 0 Å². The molecule has 0 bridgehead atoms. The number of carbonyl (C=O) groups excluding carboxylic acids is 2. The Morgan fingerprint density at radius 3 is 2.50 bits per heavy atom. The summed E-state index contributed by atoms with van der Waals surface area (Å²) in [4.78, 5) is 30.9. The average Bonchev–Trinajstić information content (AvgIpc) is 2.78. The molecule has 0 saturated carbocycles. The molecule has 1 aliphatic rings. The van der Waals surface area contributed by atoms with Gasteiger partial charge in [-0.05, 0) is 69.4 Å². The van der Waals surface area contributed by atoms with Crippen LogP contribution in [0.15, 0.2) is 48.8 Å². The van der Waals surface area contributed by atoms with Gasteiger partial charge >= 0.3 is 6.09 Å². The van der Waals surface area contributed by atoms with Gasteiger partial charge in [0.05, 0.1) is 6.54 Å². The van der Waals surface area contributed by atoms with Crippen molar-refractivity contribution in [2.24, 2.45) is 0 Å². The summed E-state index contributed by atoms with van der Waals surface area (Å²) >= 11 is 0. The number of nitrogens with one attached hydrogen (secondary N) is 2. The molecule has 2 N–H and O–H groups in total. The molecule has 1 saturated heterocycles. The highest BCUT2D eigenvalue weighted by molar-refractivity contribution is 5.78. The third-order valence-corrected chi connectivity index (χ3v) is 5.77. The number of carbonyl (C=O) groups is 2. The first-order valence-corrected chi connectivity index (χ1v) is 11.8. The SMILES string of the molecule is CC(C)(C)OC(=O)NC1CCN(CC(=O)NCC(Cc2cccnc2)c2ccc(F)cc2)CC1. The zero-order chi connectivity index (χ0) is 24.6. The smallest absolute Gasteiger partial charge is 0.407 e. The molecule has 3 rings (SSSR count). The second-order valence-corrected chi connectivity index (χ2v) is 9.81. The molecule has 2 heterocycles. The fraction of sp³-hybridized carbons (Fsp3) is 0.500. The number of ether oxygens (including phenoxy) is 1. The Hall–Kier alpha value is -3.00. The van der Waals surface area contributed by atoms with Crippen molar-refractivity contribution in [3.63, 3.8) is 0 Å². The zero-order valence-electron chi connectivity index (χ0n) is 20.2. The molecule has 1 aliphatic heterocycles. The Labute approximate surface area is 201 Å². The summed E-state index contributed by atoms with van der Waals surface area (Å²) in [7, 11) is 0. The van der Waals surface area contributed by atoms with Gasteiger partial charge in [0.2, 0.25) is 5.91 Å². The third kappa shape index (κ3) is 8.74. The van der Waals surface area contributed by atoms with Crippen molar-refractivity contribution in [2.75, 3.05) is 26.2 Å². The van der Waals surface area contributed by atoms with E-state index in [2.05, 4.69) is 20.5 Å². The predicted octanol–water partition coefficient (Wildman–Crippen LogP) is 3.65. The Kier molecular flexibility index (Phi) is 8.98. The minimum absolute atomic E-state index is 0.0116. The molecule has 2 aromatic rings. The van der Waals surface area contributed by atoms with Crippen molar-refractivity contribution in [3.8, 4) is 0 Å². The lowest BCUT2D eigenvalue weighted by Gasteiger charge is -2.32. The van der Waals surface area contributed by atoms with Gasteiger partial charge in [0.15, 0.2) is 0 Å². The van der Waals surface area contributed by atoms with Crippen LogP contribution in [0.1, 0.15) is 50.7 Å². The lowest BCUT2D eigenvalue weighted by atomic mass is 9.92. The molecule has 1 aromatic carbocycles. The molecule has 34 heavy (non-hydrogen) atoms. The first-order chi connectivity index (χ1) is 16.2. The number of nitrogens with zero attached hydrogens (tertiary/aromatic N) is 2. The number of aromatic nitrogens is 1. The number of rotatable bonds is 8. The lowest BCUT2D eigenvalue weighted by molar-refractivity contribution is -0.122. The van der Waals surface area contributed by atoms with Gasteiger partial charge in [0, 0.05) is 44.0 Å². The number of amides is 2. The highest BCUT2D eigenvalue weighted by atomic mass is 19.1. The van der Waals surface area contributed by atoms with Crippen LogP contribution in [0.4, 0.5) is 9.18 Å². The van der Waals surface area contributed by atoms with Crippen LogP contribution in [0, 0.1) is 5.82 Å². The van der Waals surface area contributed by atoms with Gasteiger partial charge < -0.3 is 15.4 Å². The van der Waals surface area contributed by atoms with Crippen molar-refractivity contribution in [2.45, 2.75) is 57.6 Å². The van der Waals surface area contributed by atoms with E-state index in [0.29, 0.717) is 19.5 Å². The van der Waals surface area contributed by atoms with E-state index in [9.17, 15) is 14.0 Å². The molecule has 1 fully saturated rings. The Morgan fingerprint density at radius 2 is 1.88 bits per heavy atom. The summed E-state index contributed by atoms with van der Waals surface area (Å²) in [6.07, 6.45) is 5.38. The third-order valence-electron chi connectivity index (χ3n) is 5.77. The molecular weight excluding hydrogens is 435 g/mol. The van der Waals surface area contributed by atoms with Crippen LogP contribution < -0.4 is 10.6 Å². The predicted molar refractivity (Wildman–Crippen MR) is 129 cm³/mol. The van der Waals surface area contributed by atoms with Crippen LogP contribution in [-0.2, 0) is 16.0 Å². The van der Waals surface area contributed by atoms with Crippen molar-refractivity contribution < 1.29 is 18.7 Å². The van der Waals surface area contributed by atoms with Crippen LogP contribution in [-0.4, -0.2) is 59.7 Å². The molecular formula is C26H35FN4O3. The van der Waals surface area contributed by atoms with E-state index in [1.807, 2.05) is 39.1 Å². The number of hydrogen-bond acceptors (Lipinski definition) is 5. The molecule has 7 nitrogen and oxygen atoms in total. The van der Waals surface area contributed by atoms with E-state index in [0.717, 1.165) is 37.1 Å². The maximum atomic E-state index is 13.4. The Bertz CT molecular complexity index is 923. The molecule has 1 atom stereocenters. The minimum atomic E-state index is -0.522. The monoisotopic (exact) mass is 470 g/mol. The fourth-order valence-electron chi connectivity index (χ4n) is 4.05. The summed E-state index contributed by atoms with van der Waals surface area (Å²) in [5.74, 6) is -0.313. The van der Waals surface area contributed by atoms with Gasteiger partial charge in [-0.3, -0.25) is 14.7 Å². The highest BCUT2D eigenvalue weighted by Crippen LogP contribution is 2.21. The maximum Gasteiger partial charge on any atom is 0.407 e. The number of hydrogen-bond donors (Lipinski definition) is 2. The molecule has 2 amide bonds. The molecule has 184 valence electrons. The minimum Gasteiger partial charge on any atom is -0.444 e. The number of alkyl carbamates (subject to hydrolysis) is 1. The van der Waals surface area contributed by atoms with E-state index in [1.54, 1.807) is 18.3 Å². The largest absolute Gasteiger partial charge is 0.444 e. The number of benzene rings is 1. The Balaban J connectivity index is 1.46. The van der Waals surface area contributed by atoms with Crippen molar-refractivity contribution in [3.05, 3.63) is 65.7 Å². The zero-order valence-corrected chi connectivity index (χ0v) is 20.2. The van der Waals surface area contributed by atoms with Crippen molar-refractivity contribution in [1.29, 1.82) is 0 Å². The normalized spacial score (nSPS) is 16.0. The fourth-order valence-corrected chi connectivity index (χ4v) is 4.05. The summed E-state index contributed by atoms with van der Waals surface area (Å²) < 4.78 is 18.7. The van der Waals surface area contributed by atoms with Gasteiger partial charge in [-0.1, -0.05) is 18.2 Å². The quantitative estimate of drug-likeness (QED) is 0.615. The molecule has 0 radical (unpaired) electrons. The van der Waals surface area contributed by atoms with Crippen LogP contribution in [0.25, 0.3) is 0 Å². The first kappa shape index (κ1) is 25.6. The van der Waals surface area contributed by atoms with Crippen molar-refractivity contribution in [1.82, 2.24) is 20.5 Å². The second kappa shape index (κ2) is 11.9. The van der Waals surface area contributed by atoms with E-state index in [4.69, 9.17) is 4.74 Å². The molecule has 1 unspecified atom stereocenters. The highest BCUT2D eigenvalue weighted by Gasteiger charge is 2.24. The van der Waals surface area contributed by atoms with E-state index in [-0.39, 0.29) is 23.7 Å². The van der Waals surface area contributed by atoms with E-state index in [1.165, 1.54) is 12.1 Å². The lowest BCUT2D eigenvalue weighted by Crippen LogP contribution is -2.48. The molecule has 1 aromatic heterocycles. The van der Waals surface area contributed by atoms with Crippen LogP contribution >= 0.6 is 0 Å². The molecule has 0 spiro atoms. The summed E-state index contributed by atoms with van der Waals surface area (Å²) in [6, 6.07) is 10.4. The van der Waals surface area contributed by atoms with Crippen LogP contribution in [0.2, 0.25) is 0 Å². The van der Waals surface area contributed by atoms with Gasteiger partial charge in [0.25, 0.3) is 0 Å². The van der Waals surface area contributed by atoms with E-state index >= 15 is 0 Å². The molecule has 8 heteroatoms. The number of piperidine rings is 1. The number of pyridine rings is 1. The van der Waals surface area contributed by atoms with Crippen LogP contribution in [0.3, 0.4) is 0 Å². The van der Waals surface area contributed by atoms with Gasteiger partial charge in [-0.25, -0.2) is 9.18 Å². The summed E-state index contributed by atoms with van der Waals surface area (Å²) in [6.45, 7) is 7.73. The van der Waals surface area contributed by atoms with Gasteiger partial charge in [0.1, 0.15) is 11.4 Å². The van der Waals surface area contributed by atoms with Gasteiger partial charge in [-0.15, -0.1) is 0 Å². The number of halogens is 1.